The number of aryl methyl sites for hydroxylation is 6. The van der Waals surface area contributed by atoms with Gasteiger partial charge in [-0.3, -0.25) is 29.2 Å². The number of nitrogens with zero attached hydrogens (tertiary/aromatic N) is 2. The molecule has 46 heavy (non-hydrogen) atoms. The molecular weight excluding hydrogens is 580 g/mol. The highest BCUT2D eigenvalue weighted by Gasteiger charge is 2.33. The lowest BCUT2D eigenvalue weighted by atomic mass is 9.84. The number of benzene rings is 2. The van der Waals surface area contributed by atoms with E-state index in [4.69, 9.17) is 19.5 Å². The molecule has 0 aliphatic carbocycles. The van der Waals surface area contributed by atoms with Gasteiger partial charge >= 0.3 is 11.9 Å². The summed E-state index contributed by atoms with van der Waals surface area (Å²) < 4.78 is 11.1. The zero-order valence-corrected chi connectivity index (χ0v) is 30.1. The second-order valence-corrected chi connectivity index (χ2v) is 14.4. The maximum atomic E-state index is 13.1. The van der Waals surface area contributed by atoms with Crippen molar-refractivity contribution in [1.29, 1.82) is 0 Å². The molecule has 2 aromatic rings. The van der Waals surface area contributed by atoms with Gasteiger partial charge in [0.15, 0.2) is 0 Å². The van der Waals surface area contributed by atoms with Gasteiger partial charge < -0.3 is 9.47 Å². The molecule has 0 amide bonds. The van der Waals surface area contributed by atoms with Gasteiger partial charge in [-0.05, 0) is 130 Å². The Balaban J connectivity index is 2.95. The summed E-state index contributed by atoms with van der Waals surface area (Å²) in [5.74, 6) is -4.65. The molecule has 8 nitrogen and oxygen atoms in total. The van der Waals surface area contributed by atoms with Crippen molar-refractivity contribution in [2.45, 2.75) is 120 Å². The van der Waals surface area contributed by atoms with Gasteiger partial charge in [0.25, 0.3) is 0 Å². The summed E-state index contributed by atoms with van der Waals surface area (Å²) in [6.45, 7) is 25.1. The molecule has 0 radical (unpaired) electrons. The summed E-state index contributed by atoms with van der Waals surface area (Å²) in [4.78, 5) is 61.7. The first kappa shape index (κ1) is 38.2. The van der Waals surface area contributed by atoms with Crippen molar-refractivity contribution in [3.8, 4) is 0 Å². The molecule has 2 rings (SSSR count). The van der Waals surface area contributed by atoms with Gasteiger partial charge in [-0.25, -0.2) is 0 Å². The summed E-state index contributed by atoms with van der Waals surface area (Å²) in [5, 5.41) is 0. The van der Waals surface area contributed by atoms with Gasteiger partial charge in [0.05, 0.1) is 0 Å². The molecule has 8 heteroatoms. The van der Waals surface area contributed by atoms with Crippen LogP contribution in [0.5, 0.6) is 0 Å². The average Bonchev–Trinajstić information content (AvgIpc) is 2.83. The molecule has 250 valence electrons. The minimum atomic E-state index is -1.23. The SMILES string of the molecule is CC(=O)C(C=N[C@@H](c1c(C)cc(C)cc1C)[C@@H](N=CC(C(C)=O)C(=O)OC(C)(C)C)c1c(C)cc(C)cc1C)C(=O)OC(C)(C)C. The van der Waals surface area contributed by atoms with Crippen LogP contribution in [-0.2, 0) is 28.7 Å². The quantitative estimate of drug-likeness (QED) is 0.144. The summed E-state index contributed by atoms with van der Waals surface area (Å²) >= 11 is 0. The predicted octanol–water partition coefficient (Wildman–Crippen LogP) is 7.55. The van der Waals surface area contributed by atoms with E-state index < -0.39 is 58.6 Å². The monoisotopic (exact) mass is 632 g/mol. The molecule has 0 aliphatic heterocycles. The number of Topliss-reactive ketones (excluding diaryl/α,β-unsaturated/α-hetero) is 2. The topological polar surface area (TPSA) is 111 Å². The minimum Gasteiger partial charge on any atom is -0.459 e. The Labute approximate surface area is 275 Å². The van der Waals surface area contributed by atoms with Crippen LogP contribution in [-0.4, -0.2) is 47.1 Å². The first-order valence-electron chi connectivity index (χ1n) is 15.7. The second-order valence-electron chi connectivity index (χ2n) is 14.4. The first-order chi connectivity index (χ1) is 21.0. The van der Waals surface area contributed by atoms with Crippen LogP contribution in [0.25, 0.3) is 0 Å². The number of rotatable bonds is 11. The number of carbonyl (C=O) groups is 4. The lowest BCUT2D eigenvalue weighted by molar-refractivity contribution is -0.160. The van der Waals surface area contributed by atoms with Gasteiger partial charge in [0, 0.05) is 12.4 Å². The van der Waals surface area contributed by atoms with Crippen LogP contribution < -0.4 is 0 Å². The zero-order valence-electron chi connectivity index (χ0n) is 30.1. The largest absolute Gasteiger partial charge is 0.459 e. The Bertz CT molecular complexity index is 1380. The summed E-state index contributed by atoms with van der Waals surface area (Å²) in [7, 11) is 0. The van der Waals surface area contributed by atoms with E-state index in [-0.39, 0.29) is 0 Å². The Morgan fingerprint density at radius 3 is 1.04 bits per heavy atom. The average molecular weight is 633 g/mol. The molecule has 2 aromatic carbocycles. The normalized spacial score (nSPS) is 15.0. The van der Waals surface area contributed by atoms with Crippen molar-refractivity contribution in [2.24, 2.45) is 21.8 Å². The van der Waals surface area contributed by atoms with E-state index in [2.05, 4.69) is 24.3 Å². The fourth-order valence-electron chi connectivity index (χ4n) is 5.69. The Hall–Kier alpha value is -3.94. The molecule has 4 atom stereocenters. The number of esters is 2. The van der Waals surface area contributed by atoms with Crippen LogP contribution in [0.4, 0.5) is 0 Å². The second kappa shape index (κ2) is 15.1. The van der Waals surface area contributed by atoms with Crippen LogP contribution in [0.1, 0.15) is 112 Å². The van der Waals surface area contributed by atoms with Crippen LogP contribution in [0, 0.1) is 53.4 Å². The number of hydrogen-bond acceptors (Lipinski definition) is 8. The van der Waals surface area contributed by atoms with Crippen molar-refractivity contribution in [2.75, 3.05) is 0 Å². The van der Waals surface area contributed by atoms with Crippen LogP contribution in [0.15, 0.2) is 34.3 Å². The van der Waals surface area contributed by atoms with Gasteiger partial charge in [-0.2, -0.15) is 0 Å². The maximum absolute atomic E-state index is 13.1. The number of ether oxygens (including phenoxy) is 2. The summed E-state index contributed by atoms with van der Waals surface area (Å²) in [5.41, 5.74) is 6.09. The predicted molar refractivity (Wildman–Crippen MR) is 184 cm³/mol. The Morgan fingerprint density at radius 2 is 0.826 bits per heavy atom. The van der Waals surface area contributed by atoms with E-state index >= 15 is 0 Å². The molecule has 0 saturated carbocycles. The highest BCUT2D eigenvalue weighted by atomic mass is 16.6. The van der Waals surface area contributed by atoms with Crippen LogP contribution in [0.2, 0.25) is 0 Å². The van der Waals surface area contributed by atoms with E-state index in [1.54, 1.807) is 41.5 Å². The molecule has 0 spiro atoms. The molecule has 2 unspecified atom stereocenters. The van der Waals surface area contributed by atoms with Crippen molar-refractivity contribution in [1.82, 2.24) is 0 Å². The molecule has 0 fully saturated rings. The van der Waals surface area contributed by atoms with Crippen LogP contribution in [0.3, 0.4) is 0 Å². The van der Waals surface area contributed by atoms with Crippen molar-refractivity contribution < 1.29 is 28.7 Å². The highest BCUT2D eigenvalue weighted by Crippen LogP contribution is 2.42. The van der Waals surface area contributed by atoms with E-state index in [0.29, 0.717) is 0 Å². The fourth-order valence-corrected chi connectivity index (χ4v) is 5.69. The third kappa shape index (κ3) is 10.6. The molecular formula is C38H52N2O6. The lowest BCUT2D eigenvalue weighted by Crippen LogP contribution is -2.33. The smallest absolute Gasteiger partial charge is 0.322 e. The van der Waals surface area contributed by atoms with Gasteiger partial charge in [-0.1, -0.05) is 35.4 Å². The van der Waals surface area contributed by atoms with Crippen molar-refractivity contribution in [3.05, 3.63) is 68.8 Å². The van der Waals surface area contributed by atoms with Crippen molar-refractivity contribution >= 4 is 35.9 Å². The minimum absolute atomic E-state index is 0.404. The van der Waals surface area contributed by atoms with Gasteiger partial charge in [0.2, 0.25) is 0 Å². The molecule has 0 aliphatic rings. The van der Waals surface area contributed by atoms with E-state index in [1.807, 2.05) is 41.5 Å². The number of hydrogen-bond donors (Lipinski definition) is 0. The van der Waals surface area contributed by atoms with E-state index in [0.717, 1.165) is 44.5 Å². The van der Waals surface area contributed by atoms with Crippen molar-refractivity contribution in [3.63, 3.8) is 0 Å². The van der Waals surface area contributed by atoms with Gasteiger partial charge in [0.1, 0.15) is 46.7 Å². The summed E-state index contributed by atoms with van der Waals surface area (Å²) in [6, 6.07) is 6.75. The lowest BCUT2D eigenvalue weighted by Gasteiger charge is -2.29. The fraction of sp³-hybridized carbons (Fsp3) is 0.526. The standard InChI is InChI=1S/C38H52N2O6/c1-21-15-23(3)31(24(4)16-21)33(39-19-29(27(7)41)35(43)45-37(9,10)11)34(32-25(5)17-22(2)18-26(32)6)40-20-30(28(8)42)36(44)46-38(12,13)14/h15-20,29-30,33-34H,1-14H3/t29?,30?,33-,34-/m0/s1. The number of ketones is 2. The molecule has 0 N–H and O–H groups in total. The number of aliphatic imine (C=N–C) groups is 2. The first-order valence-corrected chi connectivity index (χ1v) is 15.7. The van der Waals surface area contributed by atoms with Gasteiger partial charge in [-0.15, -0.1) is 0 Å². The van der Waals surface area contributed by atoms with Crippen LogP contribution >= 0.6 is 0 Å². The molecule has 0 heterocycles. The Morgan fingerprint density at radius 1 is 0.565 bits per heavy atom. The third-order valence-electron chi connectivity index (χ3n) is 7.36. The molecule has 0 bridgehead atoms. The Kier molecular flexibility index (Phi) is 12.6. The number of carbonyl (C=O) groups excluding carboxylic acids is 4. The van der Waals surface area contributed by atoms with E-state index in [9.17, 15) is 19.2 Å². The summed E-state index contributed by atoms with van der Waals surface area (Å²) in [6.07, 6.45) is 2.72. The highest BCUT2D eigenvalue weighted by molar-refractivity contribution is 6.12. The zero-order chi connectivity index (χ0) is 35.3. The molecule has 0 saturated heterocycles. The maximum Gasteiger partial charge on any atom is 0.322 e. The molecule has 0 aromatic heterocycles. The van der Waals surface area contributed by atoms with E-state index in [1.165, 1.54) is 26.3 Å². The third-order valence-corrected chi connectivity index (χ3v) is 7.36.